The lowest BCUT2D eigenvalue weighted by molar-refractivity contribution is 0.337. The van der Waals surface area contributed by atoms with Gasteiger partial charge in [-0.15, -0.1) is 0 Å². The summed E-state index contributed by atoms with van der Waals surface area (Å²) >= 11 is 0. The van der Waals surface area contributed by atoms with Crippen LogP contribution in [-0.4, -0.2) is 19.7 Å². The van der Waals surface area contributed by atoms with Crippen LogP contribution in [0.1, 0.15) is 85.5 Å². The molecule has 0 aromatic carbocycles. The van der Waals surface area contributed by atoms with Crippen LogP contribution in [0.15, 0.2) is 0 Å². The van der Waals surface area contributed by atoms with E-state index in [9.17, 15) is 8.42 Å². The fourth-order valence-corrected chi connectivity index (χ4v) is 4.05. The van der Waals surface area contributed by atoms with Crippen molar-refractivity contribution in [2.75, 3.05) is 5.75 Å². The minimum atomic E-state index is -3.12. The fourth-order valence-electron chi connectivity index (χ4n) is 2.32. The molecule has 0 aromatic rings. The second-order valence-corrected chi connectivity index (χ2v) is 7.74. The van der Waals surface area contributed by atoms with Crippen molar-refractivity contribution in [3.63, 3.8) is 0 Å². The molecular weight excluding hydrogens is 258 g/mol. The van der Waals surface area contributed by atoms with Gasteiger partial charge < -0.3 is 0 Å². The molecule has 3 nitrogen and oxygen atoms in total. The van der Waals surface area contributed by atoms with Crippen molar-refractivity contribution in [1.82, 2.24) is 4.72 Å². The summed E-state index contributed by atoms with van der Waals surface area (Å²) in [4.78, 5) is 0. The summed E-state index contributed by atoms with van der Waals surface area (Å²) in [5, 5.41) is 0. The van der Waals surface area contributed by atoms with Gasteiger partial charge in [-0.05, 0) is 26.2 Å². The van der Waals surface area contributed by atoms with E-state index in [1.165, 1.54) is 12.8 Å². The summed E-state index contributed by atoms with van der Waals surface area (Å²) in [6.45, 7) is 8.42. The lowest BCUT2D eigenvalue weighted by Crippen LogP contribution is -2.46. The van der Waals surface area contributed by atoms with Crippen LogP contribution < -0.4 is 4.72 Å². The van der Waals surface area contributed by atoms with Crippen molar-refractivity contribution in [1.29, 1.82) is 0 Å². The Morgan fingerprint density at radius 2 is 1.37 bits per heavy atom. The molecule has 0 rings (SSSR count). The van der Waals surface area contributed by atoms with Crippen LogP contribution in [0.2, 0.25) is 0 Å². The predicted molar refractivity (Wildman–Crippen MR) is 83.9 cm³/mol. The summed E-state index contributed by atoms with van der Waals surface area (Å²) in [6, 6.07) is 0. The number of hydrogen-bond acceptors (Lipinski definition) is 2. The SMILES string of the molecule is CCCCCC(C)(CCCC)NS(=O)(=O)CCCC. The fraction of sp³-hybridized carbons (Fsp3) is 1.00. The first-order chi connectivity index (χ1) is 8.89. The van der Waals surface area contributed by atoms with Crippen LogP contribution in [-0.2, 0) is 10.0 Å². The molecule has 0 saturated carbocycles. The molecule has 116 valence electrons. The van der Waals surface area contributed by atoms with Crippen LogP contribution in [0.25, 0.3) is 0 Å². The maximum Gasteiger partial charge on any atom is 0.212 e. The van der Waals surface area contributed by atoms with Crippen molar-refractivity contribution in [2.45, 2.75) is 91.0 Å². The average molecular weight is 292 g/mol. The largest absolute Gasteiger partial charge is 0.212 e. The van der Waals surface area contributed by atoms with Crippen LogP contribution >= 0.6 is 0 Å². The number of hydrogen-bond donors (Lipinski definition) is 1. The molecule has 0 aliphatic heterocycles. The number of sulfonamides is 1. The Hall–Kier alpha value is -0.0900. The normalized spacial score (nSPS) is 15.4. The molecule has 0 aromatic heterocycles. The molecule has 4 heteroatoms. The van der Waals surface area contributed by atoms with Crippen LogP contribution in [0, 0.1) is 0 Å². The Bertz CT molecular complexity index is 314. The maximum absolute atomic E-state index is 12.1. The summed E-state index contributed by atoms with van der Waals surface area (Å²) in [6.07, 6.45) is 9.21. The maximum atomic E-state index is 12.1. The van der Waals surface area contributed by atoms with E-state index in [2.05, 4.69) is 25.5 Å². The second kappa shape index (κ2) is 9.76. The highest BCUT2D eigenvalue weighted by atomic mass is 32.2. The van der Waals surface area contributed by atoms with Gasteiger partial charge in [0.2, 0.25) is 10.0 Å². The zero-order valence-corrected chi connectivity index (χ0v) is 14.1. The van der Waals surface area contributed by atoms with Crippen molar-refractivity contribution in [3.8, 4) is 0 Å². The Balaban J connectivity index is 4.54. The highest BCUT2D eigenvalue weighted by Crippen LogP contribution is 2.23. The third-order valence-electron chi connectivity index (χ3n) is 3.58. The first-order valence-electron chi connectivity index (χ1n) is 7.90. The molecule has 0 saturated heterocycles. The van der Waals surface area contributed by atoms with Gasteiger partial charge in [0, 0.05) is 5.54 Å². The molecule has 0 aliphatic rings. The van der Waals surface area contributed by atoms with Gasteiger partial charge in [-0.2, -0.15) is 0 Å². The molecule has 1 unspecified atom stereocenters. The van der Waals surface area contributed by atoms with Gasteiger partial charge >= 0.3 is 0 Å². The third-order valence-corrected chi connectivity index (χ3v) is 5.21. The van der Waals surface area contributed by atoms with Gasteiger partial charge in [0.25, 0.3) is 0 Å². The molecule has 1 N–H and O–H groups in total. The zero-order valence-electron chi connectivity index (χ0n) is 13.3. The van der Waals surface area contributed by atoms with E-state index >= 15 is 0 Å². The van der Waals surface area contributed by atoms with Crippen molar-refractivity contribution < 1.29 is 8.42 Å². The van der Waals surface area contributed by atoms with Gasteiger partial charge in [-0.3, -0.25) is 0 Å². The van der Waals surface area contributed by atoms with Gasteiger partial charge in [0.15, 0.2) is 0 Å². The Morgan fingerprint density at radius 3 is 1.89 bits per heavy atom. The van der Waals surface area contributed by atoms with Gasteiger partial charge in [-0.25, -0.2) is 13.1 Å². The molecule has 0 amide bonds. The monoisotopic (exact) mass is 291 g/mol. The van der Waals surface area contributed by atoms with Crippen LogP contribution in [0.4, 0.5) is 0 Å². The molecule has 1 atom stereocenters. The van der Waals surface area contributed by atoms with Gasteiger partial charge in [0.1, 0.15) is 0 Å². The molecule has 0 bridgehead atoms. The van der Waals surface area contributed by atoms with E-state index in [-0.39, 0.29) is 11.3 Å². The highest BCUT2D eigenvalue weighted by molar-refractivity contribution is 7.89. The Morgan fingerprint density at radius 1 is 0.842 bits per heavy atom. The molecule has 19 heavy (non-hydrogen) atoms. The minimum Gasteiger partial charge on any atom is -0.212 e. The summed E-state index contributed by atoms with van der Waals surface area (Å²) in [7, 11) is -3.12. The van der Waals surface area contributed by atoms with E-state index in [1.807, 2.05) is 6.92 Å². The summed E-state index contributed by atoms with van der Waals surface area (Å²) in [5.74, 6) is 0.263. The third kappa shape index (κ3) is 9.44. The molecule has 0 fully saturated rings. The summed E-state index contributed by atoms with van der Waals surface area (Å²) in [5.41, 5.74) is -0.252. The lowest BCUT2D eigenvalue weighted by Gasteiger charge is -2.31. The van der Waals surface area contributed by atoms with Gasteiger partial charge in [-0.1, -0.05) is 59.3 Å². The van der Waals surface area contributed by atoms with Crippen molar-refractivity contribution in [2.24, 2.45) is 0 Å². The standard InChI is InChI=1S/C15H33NO2S/c1-5-8-11-13-15(4,12-9-6-2)16-19(17,18)14-10-7-3/h16H,5-14H2,1-4H3. The Labute approximate surface area is 120 Å². The topological polar surface area (TPSA) is 46.2 Å². The number of unbranched alkanes of at least 4 members (excludes halogenated alkanes) is 4. The summed E-state index contributed by atoms with van der Waals surface area (Å²) < 4.78 is 27.2. The van der Waals surface area contributed by atoms with E-state index in [0.717, 1.165) is 44.9 Å². The predicted octanol–water partition coefficient (Wildman–Crippen LogP) is 4.24. The molecule has 0 radical (unpaired) electrons. The van der Waals surface area contributed by atoms with E-state index < -0.39 is 10.0 Å². The number of rotatable bonds is 12. The zero-order chi connectivity index (χ0) is 14.8. The smallest absolute Gasteiger partial charge is 0.212 e. The Kier molecular flexibility index (Phi) is 9.71. The molecular formula is C15H33NO2S. The molecule has 0 aliphatic carbocycles. The van der Waals surface area contributed by atoms with Crippen LogP contribution in [0.3, 0.4) is 0 Å². The minimum absolute atomic E-state index is 0.252. The van der Waals surface area contributed by atoms with Crippen molar-refractivity contribution >= 4 is 10.0 Å². The van der Waals surface area contributed by atoms with E-state index in [0.29, 0.717) is 0 Å². The number of nitrogens with one attached hydrogen (secondary N) is 1. The van der Waals surface area contributed by atoms with Crippen LogP contribution in [0.5, 0.6) is 0 Å². The second-order valence-electron chi connectivity index (χ2n) is 5.90. The first kappa shape index (κ1) is 18.9. The lowest BCUT2D eigenvalue weighted by atomic mass is 9.90. The van der Waals surface area contributed by atoms with E-state index in [1.54, 1.807) is 0 Å². The average Bonchev–Trinajstić information content (AvgIpc) is 2.34. The molecule has 0 spiro atoms. The van der Waals surface area contributed by atoms with Crippen molar-refractivity contribution in [3.05, 3.63) is 0 Å². The van der Waals surface area contributed by atoms with Gasteiger partial charge in [0.05, 0.1) is 5.75 Å². The molecule has 0 heterocycles. The quantitative estimate of drug-likeness (QED) is 0.547. The highest BCUT2D eigenvalue weighted by Gasteiger charge is 2.28. The first-order valence-corrected chi connectivity index (χ1v) is 9.56. The van der Waals surface area contributed by atoms with E-state index in [4.69, 9.17) is 0 Å².